The van der Waals surface area contributed by atoms with Gasteiger partial charge in [0.25, 0.3) is 0 Å². The van der Waals surface area contributed by atoms with Crippen molar-refractivity contribution >= 4 is 27.3 Å². The maximum Gasteiger partial charge on any atom is 0.393 e. The largest absolute Gasteiger partial charge is 0.396 e. The number of rotatable bonds is 1. The van der Waals surface area contributed by atoms with Crippen LogP contribution < -0.4 is 10.6 Å². The lowest BCUT2D eigenvalue weighted by atomic mass is 9.97. The van der Waals surface area contributed by atoms with Crippen LogP contribution in [0.25, 0.3) is 0 Å². The summed E-state index contributed by atoms with van der Waals surface area (Å²) in [7, 11) is 0. The number of nitrogens with zero attached hydrogens (tertiary/aromatic N) is 2. The van der Waals surface area contributed by atoms with E-state index in [2.05, 4.69) is 20.9 Å². The molecule has 18 heavy (non-hydrogen) atoms. The molecule has 0 aromatic carbocycles. The summed E-state index contributed by atoms with van der Waals surface area (Å²) in [5, 5.41) is 0. The molecule has 2 heterocycles. The van der Waals surface area contributed by atoms with E-state index in [4.69, 9.17) is 5.73 Å². The minimum atomic E-state index is -4.15. The number of hydrogen-bond acceptors (Lipinski definition) is 3. The summed E-state index contributed by atoms with van der Waals surface area (Å²) in [6.45, 7) is 0.537. The van der Waals surface area contributed by atoms with Gasteiger partial charge in [0.15, 0.2) is 0 Å². The first kappa shape index (κ1) is 13.5. The van der Waals surface area contributed by atoms with Crippen LogP contribution in [0.5, 0.6) is 0 Å². The molecule has 3 nitrogen and oxygen atoms in total. The molecule has 100 valence electrons. The van der Waals surface area contributed by atoms with Crippen LogP contribution in [0.4, 0.5) is 24.5 Å². The highest BCUT2D eigenvalue weighted by molar-refractivity contribution is 9.10. The van der Waals surface area contributed by atoms with Gasteiger partial charge >= 0.3 is 6.18 Å². The Kier molecular flexibility index (Phi) is 3.70. The average molecular weight is 324 g/mol. The molecule has 7 heteroatoms. The number of alkyl halides is 3. The number of nitrogen functional groups attached to an aromatic ring is 1. The Labute approximate surface area is 111 Å². The molecule has 0 radical (unpaired) electrons. The topological polar surface area (TPSA) is 42.1 Å². The molecule has 1 aromatic rings. The van der Waals surface area contributed by atoms with Gasteiger partial charge in [-0.1, -0.05) is 0 Å². The first-order chi connectivity index (χ1) is 8.39. The van der Waals surface area contributed by atoms with Gasteiger partial charge in [0, 0.05) is 19.3 Å². The predicted octanol–water partition coefficient (Wildman–Crippen LogP) is 3.21. The molecule has 0 spiro atoms. The maximum absolute atomic E-state index is 12.7. The minimum Gasteiger partial charge on any atom is -0.396 e. The van der Waals surface area contributed by atoms with Gasteiger partial charge in [-0.3, -0.25) is 4.98 Å². The Bertz CT molecular complexity index is 416. The number of nitrogens with two attached hydrogens (primary N) is 1. The normalized spacial score (nSPS) is 21.1. The van der Waals surface area contributed by atoms with E-state index in [1.54, 1.807) is 11.1 Å². The smallest absolute Gasteiger partial charge is 0.393 e. The van der Waals surface area contributed by atoms with E-state index in [0.717, 1.165) is 0 Å². The lowest BCUT2D eigenvalue weighted by molar-refractivity contribution is -0.175. The van der Waals surface area contributed by atoms with Crippen LogP contribution in [0.2, 0.25) is 0 Å². The van der Waals surface area contributed by atoms with Gasteiger partial charge in [-0.15, -0.1) is 0 Å². The van der Waals surface area contributed by atoms with Crippen molar-refractivity contribution in [1.29, 1.82) is 0 Å². The van der Waals surface area contributed by atoms with Crippen molar-refractivity contribution in [2.75, 3.05) is 23.7 Å². The first-order valence-corrected chi connectivity index (χ1v) is 6.39. The van der Waals surface area contributed by atoms with Crippen molar-refractivity contribution in [3.63, 3.8) is 0 Å². The molecule has 1 aromatic heterocycles. The zero-order valence-electron chi connectivity index (χ0n) is 9.54. The van der Waals surface area contributed by atoms with Gasteiger partial charge in [0.05, 0.1) is 28.0 Å². The highest BCUT2D eigenvalue weighted by atomic mass is 79.9. The molecule has 0 amide bonds. The molecule has 1 atom stereocenters. The lowest BCUT2D eigenvalue weighted by Gasteiger charge is -2.36. The molecule has 2 rings (SSSR count). The van der Waals surface area contributed by atoms with Crippen LogP contribution in [0, 0.1) is 5.92 Å². The summed E-state index contributed by atoms with van der Waals surface area (Å²) < 4.78 is 38.9. The van der Waals surface area contributed by atoms with Crippen molar-refractivity contribution in [3.8, 4) is 0 Å². The Morgan fingerprint density at radius 3 is 2.72 bits per heavy atom. The standard InChI is InChI=1S/C11H13BrF3N3/c12-8-4-17-5-9(16)10(8)18-3-1-2-7(6-18)11(13,14)15/h4-5,7H,1-3,6,16H2. The third kappa shape index (κ3) is 2.71. The Hall–Kier alpha value is -0.980. The third-order valence-corrected chi connectivity index (χ3v) is 3.68. The molecular formula is C11H13BrF3N3. The Balaban J connectivity index is 2.24. The van der Waals surface area contributed by atoms with Gasteiger partial charge in [-0.2, -0.15) is 13.2 Å². The molecule has 2 N–H and O–H groups in total. The van der Waals surface area contributed by atoms with Gasteiger partial charge in [-0.25, -0.2) is 0 Å². The van der Waals surface area contributed by atoms with Gasteiger partial charge in [-0.05, 0) is 28.8 Å². The zero-order valence-corrected chi connectivity index (χ0v) is 11.1. The third-order valence-electron chi connectivity index (χ3n) is 3.10. The second kappa shape index (κ2) is 4.95. The fraction of sp³-hybridized carbons (Fsp3) is 0.545. The first-order valence-electron chi connectivity index (χ1n) is 5.60. The van der Waals surface area contributed by atoms with Gasteiger partial charge in [0.2, 0.25) is 0 Å². The second-order valence-electron chi connectivity index (χ2n) is 4.39. The van der Waals surface area contributed by atoms with Crippen LogP contribution in [0.3, 0.4) is 0 Å². The summed E-state index contributed by atoms with van der Waals surface area (Å²) in [5.41, 5.74) is 6.80. The zero-order chi connectivity index (χ0) is 13.3. The van der Waals surface area contributed by atoms with E-state index in [9.17, 15) is 13.2 Å². The van der Waals surface area contributed by atoms with E-state index in [1.807, 2.05) is 0 Å². The summed E-state index contributed by atoms with van der Waals surface area (Å²) in [5.74, 6) is -1.29. The van der Waals surface area contributed by atoms with Crippen molar-refractivity contribution in [2.24, 2.45) is 5.92 Å². The number of anilines is 2. The molecule has 0 bridgehead atoms. The molecule has 1 aliphatic heterocycles. The summed E-state index contributed by atoms with van der Waals surface area (Å²) in [4.78, 5) is 5.57. The number of halogens is 4. The number of piperidine rings is 1. The fourth-order valence-corrected chi connectivity index (χ4v) is 2.82. The van der Waals surface area contributed by atoms with Crippen LogP contribution in [0.15, 0.2) is 16.9 Å². The highest BCUT2D eigenvalue weighted by Gasteiger charge is 2.42. The van der Waals surface area contributed by atoms with Crippen molar-refractivity contribution < 1.29 is 13.2 Å². The molecule has 0 saturated carbocycles. The highest BCUT2D eigenvalue weighted by Crippen LogP contribution is 2.38. The molecule has 1 saturated heterocycles. The Morgan fingerprint density at radius 1 is 1.39 bits per heavy atom. The van der Waals surface area contributed by atoms with Crippen molar-refractivity contribution in [2.45, 2.75) is 19.0 Å². The molecule has 0 aliphatic carbocycles. The van der Waals surface area contributed by atoms with Gasteiger partial charge in [0.1, 0.15) is 0 Å². The number of hydrogen-bond donors (Lipinski definition) is 1. The monoisotopic (exact) mass is 323 g/mol. The van der Waals surface area contributed by atoms with Gasteiger partial charge < -0.3 is 10.6 Å². The van der Waals surface area contributed by atoms with Crippen molar-refractivity contribution in [3.05, 3.63) is 16.9 Å². The van der Waals surface area contributed by atoms with Crippen LogP contribution in [-0.2, 0) is 0 Å². The van der Waals surface area contributed by atoms with E-state index in [1.165, 1.54) is 6.20 Å². The van der Waals surface area contributed by atoms with Crippen LogP contribution in [-0.4, -0.2) is 24.2 Å². The average Bonchev–Trinajstić information content (AvgIpc) is 2.28. The second-order valence-corrected chi connectivity index (χ2v) is 5.24. The van der Waals surface area contributed by atoms with E-state index >= 15 is 0 Å². The number of aromatic nitrogens is 1. The van der Waals surface area contributed by atoms with E-state index in [0.29, 0.717) is 28.8 Å². The fourth-order valence-electron chi connectivity index (χ4n) is 2.22. The van der Waals surface area contributed by atoms with E-state index < -0.39 is 12.1 Å². The molecule has 1 fully saturated rings. The molecular weight excluding hydrogens is 311 g/mol. The quantitative estimate of drug-likeness (QED) is 0.863. The van der Waals surface area contributed by atoms with Crippen molar-refractivity contribution in [1.82, 2.24) is 4.98 Å². The summed E-state index contributed by atoms with van der Waals surface area (Å²) in [6, 6.07) is 0. The predicted molar refractivity (Wildman–Crippen MR) is 67.3 cm³/mol. The Morgan fingerprint density at radius 2 is 2.11 bits per heavy atom. The van der Waals surface area contributed by atoms with Crippen LogP contribution in [0.1, 0.15) is 12.8 Å². The number of pyridine rings is 1. The lowest BCUT2D eigenvalue weighted by Crippen LogP contribution is -2.42. The minimum absolute atomic E-state index is 0.0453. The molecule has 1 unspecified atom stereocenters. The summed E-state index contributed by atoms with van der Waals surface area (Å²) >= 11 is 3.29. The maximum atomic E-state index is 12.7. The van der Waals surface area contributed by atoms with E-state index in [-0.39, 0.29) is 13.0 Å². The summed E-state index contributed by atoms with van der Waals surface area (Å²) in [6.07, 6.45) is -0.450. The van der Waals surface area contributed by atoms with Crippen LogP contribution >= 0.6 is 15.9 Å². The SMILES string of the molecule is Nc1cncc(Br)c1N1CCCC(C(F)(F)F)C1. The molecule has 1 aliphatic rings.